The van der Waals surface area contributed by atoms with Gasteiger partial charge in [-0.1, -0.05) is 6.92 Å². The van der Waals surface area contributed by atoms with Crippen molar-refractivity contribution in [3.63, 3.8) is 0 Å². The zero-order valence-electron chi connectivity index (χ0n) is 8.38. The molecule has 0 aromatic heterocycles. The molecule has 2 heteroatoms. The topological polar surface area (TPSA) is 21.3 Å². The number of rotatable bonds is 3. The van der Waals surface area contributed by atoms with Gasteiger partial charge in [0.25, 0.3) is 0 Å². The van der Waals surface area contributed by atoms with E-state index in [1.54, 1.807) is 0 Å². The molecule has 3 rings (SSSR count). The summed E-state index contributed by atoms with van der Waals surface area (Å²) in [5.74, 6) is 0.857. The van der Waals surface area contributed by atoms with Gasteiger partial charge in [-0.25, -0.2) is 0 Å². The van der Waals surface area contributed by atoms with E-state index in [9.17, 15) is 0 Å². The standard InChI is InChI=1S/C11H19NO/c1-11(3-4-11)7-13-10-2-5-12-9-6-8(9)10/h8-10,12H,2-7H2,1H3. The maximum atomic E-state index is 6.02. The van der Waals surface area contributed by atoms with Gasteiger partial charge in [0, 0.05) is 12.0 Å². The Morgan fingerprint density at radius 3 is 3.08 bits per heavy atom. The van der Waals surface area contributed by atoms with Gasteiger partial charge < -0.3 is 10.1 Å². The number of fused-ring (bicyclic) bond motifs is 1. The molecule has 3 fully saturated rings. The maximum Gasteiger partial charge on any atom is 0.0631 e. The van der Waals surface area contributed by atoms with Crippen molar-refractivity contribution in [3.05, 3.63) is 0 Å². The number of hydrogen-bond donors (Lipinski definition) is 1. The van der Waals surface area contributed by atoms with Gasteiger partial charge in [-0.2, -0.15) is 0 Å². The van der Waals surface area contributed by atoms with E-state index in [2.05, 4.69) is 12.2 Å². The lowest BCUT2D eigenvalue weighted by Gasteiger charge is -2.24. The van der Waals surface area contributed by atoms with Crippen LogP contribution < -0.4 is 5.32 Å². The number of ether oxygens (including phenoxy) is 1. The normalized spacial score (nSPS) is 45.5. The summed E-state index contributed by atoms with van der Waals surface area (Å²) in [5.41, 5.74) is 0.565. The van der Waals surface area contributed by atoms with Crippen LogP contribution in [0.1, 0.15) is 32.6 Å². The van der Waals surface area contributed by atoms with Gasteiger partial charge >= 0.3 is 0 Å². The van der Waals surface area contributed by atoms with Crippen LogP contribution in [0.3, 0.4) is 0 Å². The van der Waals surface area contributed by atoms with E-state index in [1.807, 2.05) is 0 Å². The van der Waals surface area contributed by atoms with Crippen LogP contribution in [-0.2, 0) is 4.74 Å². The van der Waals surface area contributed by atoms with E-state index < -0.39 is 0 Å². The molecule has 74 valence electrons. The van der Waals surface area contributed by atoms with Crippen LogP contribution in [-0.4, -0.2) is 25.3 Å². The summed E-state index contributed by atoms with van der Waals surface area (Å²) >= 11 is 0. The summed E-state index contributed by atoms with van der Waals surface area (Å²) in [6.45, 7) is 4.53. The average Bonchev–Trinajstić information content (AvgIpc) is 2.97. The fourth-order valence-corrected chi connectivity index (χ4v) is 2.36. The van der Waals surface area contributed by atoms with E-state index in [0.717, 1.165) is 18.6 Å². The maximum absolute atomic E-state index is 6.02. The van der Waals surface area contributed by atoms with Gasteiger partial charge in [-0.05, 0) is 37.6 Å². The predicted octanol–water partition coefficient (Wildman–Crippen LogP) is 1.55. The summed E-state index contributed by atoms with van der Waals surface area (Å²) in [6.07, 6.45) is 5.94. The Balaban J connectivity index is 1.49. The van der Waals surface area contributed by atoms with Crippen LogP contribution in [0.4, 0.5) is 0 Å². The van der Waals surface area contributed by atoms with E-state index in [0.29, 0.717) is 11.5 Å². The Morgan fingerprint density at radius 1 is 1.46 bits per heavy atom. The van der Waals surface area contributed by atoms with Crippen LogP contribution in [0.25, 0.3) is 0 Å². The van der Waals surface area contributed by atoms with E-state index in [4.69, 9.17) is 4.74 Å². The van der Waals surface area contributed by atoms with Crippen LogP contribution >= 0.6 is 0 Å². The fraction of sp³-hybridized carbons (Fsp3) is 1.00. The second-order valence-electron chi connectivity index (χ2n) is 5.41. The Kier molecular flexibility index (Phi) is 1.72. The highest BCUT2D eigenvalue weighted by Crippen LogP contribution is 2.47. The molecule has 2 nitrogen and oxygen atoms in total. The summed E-state index contributed by atoms with van der Waals surface area (Å²) in [4.78, 5) is 0. The van der Waals surface area contributed by atoms with Gasteiger partial charge in [0.2, 0.25) is 0 Å². The van der Waals surface area contributed by atoms with E-state index in [-0.39, 0.29) is 0 Å². The van der Waals surface area contributed by atoms with Crippen molar-refractivity contribution in [2.24, 2.45) is 11.3 Å². The molecule has 0 amide bonds. The SMILES string of the molecule is CC1(COC2CCNC3CC32)CC1. The Morgan fingerprint density at radius 2 is 2.31 bits per heavy atom. The first-order valence-electron chi connectivity index (χ1n) is 5.62. The largest absolute Gasteiger partial charge is 0.377 e. The quantitative estimate of drug-likeness (QED) is 0.713. The predicted molar refractivity (Wildman–Crippen MR) is 51.6 cm³/mol. The zero-order chi connectivity index (χ0) is 8.89. The molecular weight excluding hydrogens is 162 g/mol. The van der Waals surface area contributed by atoms with Gasteiger partial charge in [-0.15, -0.1) is 0 Å². The molecule has 3 atom stereocenters. The average molecular weight is 181 g/mol. The highest BCUT2D eigenvalue weighted by molar-refractivity contribution is 5.02. The van der Waals surface area contributed by atoms with Crippen LogP contribution in [0.5, 0.6) is 0 Å². The first-order valence-corrected chi connectivity index (χ1v) is 5.62. The van der Waals surface area contributed by atoms with Crippen molar-refractivity contribution in [2.45, 2.75) is 44.8 Å². The molecule has 0 radical (unpaired) electrons. The lowest BCUT2D eigenvalue weighted by Crippen LogP contribution is -2.35. The Hall–Kier alpha value is -0.0800. The minimum Gasteiger partial charge on any atom is -0.377 e. The highest BCUT2D eigenvalue weighted by atomic mass is 16.5. The molecule has 0 aromatic carbocycles. The van der Waals surface area contributed by atoms with Crippen LogP contribution in [0.15, 0.2) is 0 Å². The molecule has 1 N–H and O–H groups in total. The monoisotopic (exact) mass is 181 g/mol. The summed E-state index contributed by atoms with van der Waals surface area (Å²) in [7, 11) is 0. The molecule has 0 aromatic rings. The first kappa shape index (κ1) is 8.25. The molecule has 3 aliphatic rings. The molecule has 0 bridgehead atoms. The molecule has 1 aliphatic heterocycles. The summed E-state index contributed by atoms with van der Waals surface area (Å²) < 4.78 is 6.02. The molecule has 3 unspecified atom stereocenters. The lowest BCUT2D eigenvalue weighted by molar-refractivity contribution is 0.000242. The first-order chi connectivity index (χ1) is 6.27. The lowest BCUT2D eigenvalue weighted by atomic mass is 10.1. The molecule has 2 saturated carbocycles. The number of nitrogens with one attached hydrogen (secondary N) is 1. The minimum absolute atomic E-state index is 0.565. The third-order valence-electron chi connectivity index (χ3n) is 3.90. The molecular formula is C11H19NO. The van der Waals surface area contributed by atoms with Crippen molar-refractivity contribution < 1.29 is 4.74 Å². The van der Waals surface area contributed by atoms with Crippen LogP contribution in [0, 0.1) is 11.3 Å². The summed E-state index contributed by atoms with van der Waals surface area (Å²) in [6, 6.07) is 0.811. The zero-order valence-corrected chi connectivity index (χ0v) is 8.38. The number of piperidine rings is 1. The van der Waals surface area contributed by atoms with Crippen LogP contribution in [0.2, 0.25) is 0 Å². The van der Waals surface area contributed by atoms with Gasteiger partial charge in [0.15, 0.2) is 0 Å². The highest BCUT2D eigenvalue weighted by Gasteiger charge is 2.47. The van der Waals surface area contributed by atoms with Crippen molar-refractivity contribution in [1.82, 2.24) is 5.32 Å². The van der Waals surface area contributed by atoms with Crippen molar-refractivity contribution in [3.8, 4) is 0 Å². The minimum atomic E-state index is 0.565. The molecule has 1 saturated heterocycles. The molecule has 2 aliphatic carbocycles. The van der Waals surface area contributed by atoms with Crippen molar-refractivity contribution in [2.75, 3.05) is 13.2 Å². The van der Waals surface area contributed by atoms with Gasteiger partial charge in [-0.3, -0.25) is 0 Å². The van der Waals surface area contributed by atoms with E-state index in [1.165, 1.54) is 32.2 Å². The third kappa shape index (κ3) is 1.62. The van der Waals surface area contributed by atoms with E-state index >= 15 is 0 Å². The van der Waals surface area contributed by atoms with Crippen molar-refractivity contribution >= 4 is 0 Å². The Labute approximate surface area is 80.0 Å². The fourth-order valence-electron chi connectivity index (χ4n) is 2.36. The van der Waals surface area contributed by atoms with Gasteiger partial charge in [0.05, 0.1) is 12.7 Å². The smallest absolute Gasteiger partial charge is 0.0631 e. The third-order valence-corrected chi connectivity index (χ3v) is 3.90. The number of hydrogen-bond acceptors (Lipinski definition) is 2. The van der Waals surface area contributed by atoms with Gasteiger partial charge in [0.1, 0.15) is 0 Å². The summed E-state index contributed by atoms with van der Waals surface area (Å²) in [5, 5.41) is 3.52. The molecule has 0 spiro atoms. The second-order valence-corrected chi connectivity index (χ2v) is 5.41. The molecule has 1 heterocycles. The Bertz CT molecular complexity index is 212. The molecule has 13 heavy (non-hydrogen) atoms. The van der Waals surface area contributed by atoms with Crippen molar-refractivity contribution in [1.29, 1.82) is 0 Å². The second kappa shape index (κ2) is 2.71.